The number of aromatic amines is 1. The van der Waals surface area contributed by atoms with Crippen LogP contribution in [0, 0.1) is 0 Å². The number of benzene rings is 2. The third-order valence-corrected chi connectivity index (χ3v) is 6.25. The number of hydrogen-bond donors (Lipinski definition) is 2. The quantitative estimate of drug-likeness (QED) is 0.699. The molecule has 0 amide bonds. The van der Waals surface area contributed by atoms with Crippen molar-refractivity contribution in [3.05, 3.63) is 59.2 Å². The molecule has 0 spiro atoms. The molecule has 1 fully saturated rings. The van der Waals surface area contributed by atoms with Crippen LogP contribution in [0.25, 0.3) is 22.2 Å². The maximum atomic E-state index is 5.71. The van der Waals surface area contributed by atoms with E-state index in [2.05, 4.69) is 57.7 Å². The molecule has 4 nitrogen and oxygen atoms in total. The van der Waals surface area contributed by atoms with Crippen molar-refractivity contribution in [3.63, 3.8) is 0 Å². The zero-order valence-electron chi connectivity index (χ0n) is 16.6. The van der Waals surface area contributed by atoms with E-state index in [1.807, 2.05) is 0 Å². The monoisotopic (exact) mass is 375 g/mol. The summed E-state index contributed by atoms with van der Waals surface area (Å²) in [5, 5.41) is 4.86. The van der Waals surface area contributed by atoms with Gasteiger partial charge in [-0.1, -0.05) is 36.8 Å². The van der Waals surface area contributed by atoms with Gasteiger partial charge in [0.1, 0.15) is 6.23 Å². The van der Waals surface area contributed by atoms with Crippen molar-refractivity contribution < 1.29 is 4.74 Å². The Kier molecular flexibility index (Phi) is 4.93. The van der Waals surface area contributed by atoms with E-state index in [1.165, 1.54) is 71.2 Å². The first-order valence-electron chi connectivity index (χ1n) is 10.5. The summed E-state index contributed by atoms with van der Waals surface area (Å²) in [5.74, 6) is 0. The van der Waals surface area contributed by atoms with Gasteiger partial charge in [0.2, 0.25) is 0 Å². The first-order valence-corrected chi connectivity index (χ1v) is 10.5. The second-order valence-electron chi connectivity index (χ2n) is 8.11. The first-order chi connectivity index (χ1) is 13.8. The molecule has 1 aromatic heterocycles. The molecular weight excluding hydrogens is 346 g/mol. The lowest BCUT2D eigenvalue weighted by Gasteiger charge is -2.26. The molecule has 3 heterocycles. The molecule has 3 aromatic rings. The smallest absolute Gasteiger partial charge is 0.134 e. The highest BCUT2D eigenvalue weighted by molar-refractivity contribution is 5.94. The molecular formula is C24H29N3O. The Morgan fingerprint density at radius 2 is 1.93 bits per heavy atom. The third kappa shape index (κ3) is 3.26. The molecule has 28 heavy (non-hydrogen) atoms. The molecule has 0 bridgehead atoms. The fourth-order valence-electron chi connectivity index (χ4n) is 4.91. The van der Waals surface area contributed by atoms with Crippen molar-refractivity contribution in [2.24, 2.45) is 0 Å². The molecule has 0 saturated carbocycles. The van der Waals surface area contributed by atoms with E-state index in [4.69, 9.17) is 4.74 Å². The van der Waals surface area contributed by atoms with Gasteiger partial charge in [-0.25, -0.2) is 0 Å². The second-order valence-corrected chi connectivity index (χ2v) is 8.11. The summed E-state index contributed by atoms with van der Waals surface area (Å²) in [6.07, 6.45) is 5.01. The molecule has 4 heteroatoms. The summed E-state index contributed by atoms with van der Waals surface area (Å²) in [6, 6.07) is 15.6. The SMILES string of the molecule is COC1NCCc2c(-c3cccc(CN4CCCCC4)c3)[nH]c3cccc1c23. The molecule has 2 aliphatic rings. The Labute approximate surface area is 166 Å². The maximum Gasteiger partial charge on any atom is 0.134 e. The lowest BCUT2D eigenvalue weighted by atomic mass is 9.99. The molecule has 2 aliphatic heterocycles. The van der Waals surface area contributed by atoms with Crippen LogP contribution in [-0.4, -0.2) is 36.6 Å². The van der Waals surface area contributed by atoms with E-state index in [1.54, 1.807) is 7.11 Å². The van der Waals surface area contributed by atoms with Crippen LogP contribution < -0.4 is 5.32 Å². The molecule has 2 N–H and O–H groups in total. The topological polar surface area (TPSA) is 40.3 Å². The minimum Gasteiger partial charge on any atom is -0.362 e. The van der Waals surface area contributed by atoms with Crippen molar-refractivity contribution in [1.82, 2.24) is 15.2 Å². The highest BCUT2D eigenvalue weighted by atomic mass is 16.5. The van der Waals surface area contributed by atoms with Gasteiger partial charge in [0.25, 0.3) is 0 Å². The van der Waals surface area contributed by atoms with Gasteiger partial charge in [0.15, 0.2) is 0 Å². The van der Waals surface area contributed by atoms with Gasteiger partial charge < -0.3 is 9.72 Å². The van der Waals surface area contributed by atoms with E-state index in [-0.39, 0.29) is 6.23 Å². The Morgan fingerprint density at radius 3 is 2.79 bits per heavy atom. The highest BCUT2D eigenvalue weighted by Crippen LogP contribution is 2.37. The zero-order chi connectivity index (χ0) is 18.9. The fraction of sp³-hybridized carbons (Fsp3) is 0.417. The third-order valence-electron chi connectivity index (χ3n) is 6.25. The van der Waals surface area contributed by atoms with E-state index < -0.39 is 0 Å². The van der Waals surface area contributed by atoms with Crippen LogP contribution in [0.5, 0.6) is 0 Å². The molecule has 1 atom stereocenters. The van der Waals surface area contributed by atoms with Crippen LogP contribution in [0.3, 0.4) is 0 Å². The van der Waals surface area contributed by atoms with Crippen LogP contribution in [0.4, 0.5) is 0 Å². The summed E-state index contributed by atoms with van der Waals surface area (Å²) in [6.45, 7) is 4.44. The van der Waals surface area contributed by atoms with Crippen molar-refractivity contribution >= 4 is 10.9 Å². The van der Waals surface area contributed by atoms with Gasteiger partial charge in [-0.15, -0.1) is 0 Å². The molecule has 1 unspecified atom stereocenters. The largest absolute Gasteiger partial charge is 0.362 e. The normalized spacial score (nSPS) is 20.4. The number of likely N-dealkylation sites (tertiary alicyclic amines) is 1. The van der Waals surface area contributed by atoms with Gasteiger partial charge in [-0.2, -0.15) is 0 Å². The van der Waals surface area contributed by atoms with Crippen molar-refractivity contribution in [1.29, 1.82) is 0 Å². The number of nitrogens with zero attached hydrogens (tertiary/aromatic N) is 1. The Morgan fingerprint density at radius 1 is 1.07 bits per heavy atom. The molecule has 0 aliphatic carbocycles. The minimum atomic E-state index is -0.0426. The Hall–Kier alpha value is -2.14. The zero-order valence-corrected chi connectivity index (χ0v) is 16.6. The fourth-order valence-corrected chi connectivity index (χ4v) is 4.91. The Bertz CT molecular complexity index is 971. The van der Waals surface area contributed by atoms with E-state index >= 15 is 0 Å². The predicted molar refractivity (Wildman–Crippen MR) is 114 cm³/mol. The van der Waals surface area contributed by atoms with Gasteiger partial charge in [-0.3, -0.25) is 10.2 Å². The lowest BCUT2D eigenvalue weighted by molar-refractivity contribution is 0.0765. The lowest BCUT2D eigenvalue weighted by Crippen LogP contribution is -2.29. The molecule has 2 aromatic carbocycles. The number of hydrogen-bond acceptors (Lipinski definition) is 3. The van der Waals surface area contributed by atoms with Crippen molar-refractivity contribution in [2.75, 3.05) is 26.7 Å². The average molecular weight is 376 g/mol. The second kappa shape index (κ2) is 7.70. The summed E-state index contributed by atoms with van der Waals surface area (Å²) < 4.78 is 5.71. The Balaban J connectivity index is 1.54. The minimum absolute atomic E-state index is 0.0426. The van der Waals surface area contributed by atoms with Gasteiger partial charge >= 0.3 is 0 Å². The van der Waals surface area contributed by atoms with Gasteiger partial charge in [0.05, 0.1) is 0 Å². The highest BCUT2D eigenvalue weighted by Gasteiger charge is 2.23. The number of aromatic nitrogens is 1. The summed E-state index contributed by atoms with van der Waals surface area (Å²) >= 11 is 0. The number of piperidine rings is 1. The van der Waals surface area contributed by atoms with Crippen molar-refractivity contribution in [2.45, 2.75) is 38.5 Å². The van der Waals surface area contributed by atoms with Gasteiger partial charge in [0, 0.05) is 42.4 Å². The number of methoxy groups -OCH3 is 1. The van der Waals surface area contributed by atoms with Crippen LogP contribution in [0.15, 0.2) is 42.5 Å². The number of ether oxygens (including phenoxy) is 1. The maximum absolute atomic E-state index is 5.71. The summed E-state index contributed by atoms with van der Waals surface area (Å²) in [4.78, 5) is 6.31. The standard InChI is InChI=1S/C24H29N3O/c1-28-24-20-9-6-10-21-22(20)19(11-12-25-24)23(26-21)18-8-5-7-17(15-18)16-27-13-3-2-4-14-27/h5-10,15,24-26H,2-4,11-14,16H2,1H3. The summed E-state index contributed by atoms with van der Waals surface area (Å²) in [5.41, 5.74) is 7.82. The molecule has 146 valence electrons. The number of rotatable bonds is 4. The number of nitrogens with one attached hydrogen (secondary N) is 2. The summed E-state index contributed by atoms with van der Waals surface area (Å²) in [7, 11) is 1.78. The van der Waals surface area contributed by atoms with Crippen LogP contribution in [0.1, 0.15) is 42.2 Å². The molecule has 1 saturated heterocycles. The first kappa shape index (κ1) is 17.9. The van der Waals surface area contributed by atoms with Crippen LogP contribution in [-0.2, 0) is 17.7 Å². The average Bonchev–Trinajstić information content (AvgIpc) is 3.00. The van der Waals surface area contributed by atoms with E-state index in [9.17, 15) is 0 Å². The predicted octanol–water partition coefficient (Wildman–Crippen LogP) is 4.61. The van der Waals surface area contributed by atoms with Crippen LogP contribution in [0.2, 0.25) is 0 Å². The van der Waals surface area contributed by atoms with E-state index in [0.29, 0.717) is 0 Å². The van der Waals surface area contributed by atoms with Gasteiger partial charge in [-0.05, 0) is 61.2 Å². The van der Waals surface area contributed by atoms with Crippen molar-refractivity contribution in [3.8, 4) is 11.3 Å². The molecule has 0 radical (unpaired) electrons. The molecule has 5 rings (SSSR count). The van der Waals surface area contributed by atoms with E-state index in [0.717, 1.165) is 19.5 Å². The number of H-pyrrole nitrogens is 1. The van der Waals surface area contributed by atoms with Crippen LogP contribution >= 0.6 is 0 Å².